The Hall–Kier alpha value is 0.411. The van der Waals surface area contributed by atoms with Gasteiger partial charge < -0.3 is 27.5 Å². The molecule has 1 atom stereocenters. The molecule has 0 N–H and O–H groups in total. The van der Waals surface area contributed by atoms with Crippen LogP contribution in [0.2, 0.25) is 10.7 Å². The predicted molar refractivity (Wildman–Crippen MR) is 145 cm³/mol. The Morgan fingerprint density at radius 1 is 0.727 bits per heavy atom. The van der Waals surface area contributed by atoms with Crippen LogP contribution in [0.4, 0.5) is 0 Å². The van der Waals surface area contributed by atoms with E-state index in [4.69, 9.17) is 17.7 Å². The quantitative estimate of drug-likeness (QED) is 0.136. The van der Waals surface area contributed by atoms with Crippen LogP contribution in [0.3, 0.4) is 0 Å². The molecule has 0 aromatic rings. The van der Waals surface area contributed by atoms with Crippen molar-refractivity contribution in [1.82, 2.24) is 9.80 Å². The lowest BCUT2D eigenvalue weighted by Crippen LogP contribution is -2.44. The zero-order valence-corrected chi connectivity index (χ0v) is 26.1. The summed E-state index contributed by atoms with van der Waals surface area (Å²) in [6, 6.07) is 1.05. The van der Waals surface area contributed by atoms with Gasteiger partial charge in [-0.2, -0.15) is 0 Å². The first-order chi connectivity index (χ1) is 15.9. The van der Waals surface area contributed by atoms with Crippen molar-refractivity contribution in [3.63, 3.8) is 0 Å². The molecule has 1 unspecified atom stereocenters. The Morgan fingerprint density at radius 2 is 1.30 bits per heavy atom. The van der Waals surface area contributed by atoms with Crippen molar-refractivity contribution in [1.29, 1.82) is 0 Å². The average molecular weight is 519 g/mol. The van der Waals surface area contributed by atoms with Gasteiger partial charge in [0.25, 0.3) is 0 Å². The first-order valence-corrected chi connectivity index (χ1v) is 17.4. The van der Waals surface area contributed by atoms with Crippen LogP contribution in [0.1, 0.15) is 80.6 Å². The van der Waals surface area contributed by atoms with Gasteiger partial charge >= 0.3 is 18.6 Å². The molecule has 0 saturated carbocycles. The zero-order chi connectivity index (χ0) is 25.0. The van der Waals surface area contributed by atoms with E-state index in [-0.39, 0.29) is 4.66 Å². The van der Waals surface area contributed by atoms with Crippen LogP contribution >= 0.6 is 0 Å². The molecule has 0 amide bonds. The first-order valence-electron chi connectivity index (χ1n) is 13.3. The topological polar surface area (TPSA) is 43.4 Å². The van der Waals surface area contributed by atoms with E-state index in [1.807, 2.05) is 0 Å². The predicted octanol–water partition coefficient (Wildman–Crippen LogP) is 4.71. The summed E-state index contributed by atoms with van der Waals surface area (Å²) in [6.07, 6.45) is 7.28. The van der Waals surface area contributed by atoms with Gasteiger partial charge in [-0.25, -0.2) is 0 Å². The summed E-state index contributed by atoms with van der Waals surface area (Å²) >= 11 is 0. The summed E-state index contributed by atoms with van der Waals surface area (Å²) in [4.78, 5) is 5.00. The highest BCUT2D eigenvalue weighted by atomic mass is 28.3. The Bertz CT molecular complexity index is 425. The second kappa shape index (κ2) is 21.7. The van der Waals surface area contributed by atoms with Gasteiger partial charge in [0.05, 0.1) is 9.52 Å². The molecule has 9 heteroatoms. The van der Waals surface area contributed by atoms with Crippen molar-refractivity contribution in [2.24, 2.45) is 0 Å². The fourth-order valence-electron chi connectivity index (χ4n) is 3.81. The number of unbranched alkanes of at least 4 members (excludes halogenated alkanes) is 2. The van der Waals surface area contributed by atoms with Crippen LogP contribution in [0.5, 0.6) is 0 Å². The molecule has 33 heavy (non-hydrogen) atoms. The van der Waals surface area contributed by atoms with Gasteiger partial charge in [-0.1, -0.05) is 33.6 Å². The number of rotatable bonds is 24. The van der Waals surface area contributed by atoms with Gasteiger partial charge in [-0.15, -0.1) is 0 Å². The maximum atomic E-state index is 6.21. The molecular formula is C24H54N2O4Si3. The van der Waals surface area contributed by atoms with Gasteiger partial charge in [0.2, 0.25) is 0 Å². The Kier molecular flexibility index (Phi) is 21.9. The molecule has 196 valence electrons. The summed E-state index contributed by atoms with van der Waals surface area (Å²) in [5.41, 5.74) is 0. The normalized spacial score (nSPS) is 14.2. The first kappa shape index (κ1) is 33.4. The van der Waals surface area contributed by atoms with Crippen LogP contribution in [0, 0.1) is 0 Å². The van der Waals surface area contributed by atoms with Crippen LogP contribution in [-0.4, -0.2) is 104 Å². The standard InChI is InChI=1S/C24H54N2O4Si3/c1-9-26(10-2)21-17-15-16-19-24(7,33(29-13-5)30-14-6)31-23-25(8)20-18-22-32(27-11-3)28-12-4/h9-23H2,1-8H3. The van der Waals surface area contributed by atoms with E-state index in [9.17, 15) is 0 Å². The minimum atomic E-state index is -1.30. The summed E-state index contributed by atoms with van der Waals surface area (Å²) in [6.45, 7) is 22.8. The van der Waals surface area contributed by atoms with Gasteiger partial charge in [-0.05, 0) is 92.4 Å². The molecule has 0 aliphatic rings. The van der Waals surface area contributed by atoms with Gasteiger partial charge in [0.15, 0.2) is 0 Å². The molecule has 0 saturated heterocycles. The molecule has 0 heterocycles. The van der Waals surface area contributed by atoms with E-state index in [1.165, 1.54) is 32.2 Å². The second-order valence-electron chi connectivity index (χ2n) is 8.58. The van der Waals surface area contributed by atoms with Gasteiger partial charge in [-0.3, -0.25) is 0 Å². The molecule has 0 fully saturated rings. The van der Waals surface area contributed by atoms with Gasteiger partial charge in [0.1, 0.15) is 0 Å². The zero-order valence-electron chi connectivity index (χ0n) is 23.1. The van der Waals surface area contributed by atoms with Crippen molar-refractivity contribution >= 4 is 28.1 Å². The van der Waals surface area contributed by atoms with Crippen LogP contribution in [0.25, 0.3) is 0 Å². The highest BCUT2D eigenvalue weighted by molar-refractivity contribution is 6.66. The summed E-state index contributed by atoms with van der Waals surface area (Å²) < 4.78 is 24.1. The third-order valence-corrected chi connectivity index (χ3v) is 12.9. The maximum Gasteiger partial charge on any atom is 0.387 e. The number of hydrogen-bond acceptors (Lipinski definition) is 6. The molecule has 4 radical (unpaired) electrons. The lowest BCUT2D eigenvalue weighted by atomic mass is 10.1. The third-order valence-electron chi connectivity index (χ3n) is 5.82. The molecule has 0 aromatic carbocycles. The molecule has 0 aromatic heterocycles. The fraction of sp³-hybridized carbons (Fsp3) is 1.00. The van der Waals surface area contributed by atoms with Crippen molar-refractivity contribution in [2.45, 2.75) is 91.3 Å². The monoisotopic (exact) mass is 518 g/mol. The van der Waals surface area contributed by atoms with E-state index in [0.29, 0.717) is 0 Å². The molecule has 0 aliphatic carbocycles. The lowest BCUT2D eigenvalue weighted by molar-refractivity contribution is 0.196. The minimum absolute atomic E-state index is 0.158. The summed E-state index contributed by atoms with van der Waals surface area (Å²) in [5.74, 6) is 0. The maximum absolute atomic E-state index is 6.21. The average Bonchev–Trinajstić information content (AvgIpc) is 2.80. The smallest absolute Gasteiger partial charge is 0.387 e. The minimum Gasteiger partial charge on any atom is -0.394 e. The lowest BCUT2D eigenvalue weighted by Gasteiger charge is -2.35. The van der Waals surface area contributed by atoms with Gasteiger partial charge in [0, 0.05) is 31.1 Å². The van der Waals surface area contributed by atoms with Crippen LogP contribution < -0.4 is 0 Å². The molecule has 6 nitrogen and oxygen atoms in total. The number of nitrogens with zero attached hydrogens (tertiary/aromatic N) is 2. The summed E-state index contributed by atoms with van der Waals surface area (Å²) in [7, 11) is 0.675. The highest BCUT2D eigenvalue weighted by Crippen LogP contribution is 2.36. The van der Waals surface area contributed by atoms with E-state index in [1.54, 1.807) is 0 Å². The molecule has 0 rings (SSSR count). The van der Waals surface area contributed by atoms with Crippen LogP contribution in [0.15, 0.2) is 0 Å². The Labute approximate surface area is 212 Å². The van der Waals surface area contributed by atoms with Crippen molar-refractivity contribution in [3.8, 4) is 0 Å². The van der Waals surface area contributed by atoms with E-state index < -0.39 is 18.6 Å². The fourth-order valence-corrected chi connectivity index (χ4v) is 9.27. The van der Waals surface area contributed by atoms with E-state index in [2.05, 4.69) is 65.3 Å². The Morgan fingerprint density at radius 3 is 1.82 bits per heavy atom. The second-order valence-corrected chi connectivity index (χ2v) is 14.9. The van der Waals surface area contributed by atoms with Crippen molar-refractivity contribution < 1.29 is 17.7 Å². The van der Waals surface area contributed by atoms with E-state index in [0.717, 1.165) is 74.2 Å². The molecule has 0 bridgehead atoms. The SMILES string of the molecule is CCO[Si](CCCN(C)C[Si]C(C)(CCCCCN(CC)CC)[Si](OCC)OCC)OCC. The van der Waals surface area contributed by atoms with Crippen LogP contribution in [-0.2, 0) is 17.7 Å². The number of hydrogen-bond donors (Lipinski definition) is 0. The van der Waals surface area contributed by atoms with Crippen molar-refractivity contribution in [2.75, 3.05) is 65.8 Å². The highest BCUT2D eigenvalue weighted by Gasteiger charge is 2.40. The molecule has 0 aliphatic heterocycles. The molecular weight excluding hydrogens is 465 g/mol. The molecule has 0 spiro atoms. The largest absolute Gasteiger partial charge is 0.394 e. The third kappa shape index (κ3) is 15.9. The summed E-state index contributed by atoms with van der Waals surface area (Å²) in [5, 5.41) is 0. The van der Waals surface area contributed by atoms with E-state index >= 15 is 0 Å². The Balaban J connectivity index is 4.71. The van der Waals surface area contributed by atoms with Crippen molar-refractivity contribution in [3.05, 3.63) is 0 Å².